The molecule has 0 bridgehead atoms. The molecule has 5 N–H and O–H groups in total. The van der Waals surface area contributed by atoms with Gasteiger partial charge in [-0.2, -0.15) is 10.2 Å². The first kappa shape index (κ1) is 10.6. The number of aromatic nitrogens is 5. The first-order valence-electron chi connectivity index (χ1n) is 4.22. The van der Waals surface area contributed by atoms with Gasteiger partial charge in [-0.15, -0.1) is 0 Å². The Morgan fingerprint density at radius 3 is 2.75 bits per heavy atom. The summed E-state index contributed by atoms with van der Waals surface area (Å²) in [7, 11) is -3.68. The van der Waals surface area contributed by atoms with E-state index >= 15 is 0 Å². The van der Waals surface area contributed by atoms with E-state index < -0.39 is 10.0 Å². The fourth-order valence-corrected chi connectivity index (χ4v) is 2.07. The van der Waals surface area contributed by atoms with Gasteiger partial charge in [0.1, 0.15) is 22.9 Å². The molecule has 16 heavy (non-hydrogen) atoms. The van der Waals surface area contributed by atoms with Crippen molar-refractivity contribution < 1.29 is 8.42 Å². The summed E-state index contributed by atoms with van der Waals surface area (Å²) >= 11 is 0. The number of H-pyrrole nitrogens is 2. The molecule has 9 nitrogen and oxygen atoms in total. The van der Waals surface area contributed by atoms with Crippen LogP contribution in [0.3, 0.4) is 0 Å². The number of nitrogens with two attached hydrogens (primary N) is 1. The summed E-state index contributed by atoms with van der Waals surface area (Å²) in [5, 5.41) is 12.0. The number of rotatable bonds is 4. The third-order valence-corrected chi connectivity index (χ3v) is 3.25. The summed E-state index contributed by atoms with van der Waals surface area (Å²) in [6.45, 7) is 0.00690. The highest BCUT2D eigenvalue weighted by atomic mass is 32.2. The lowest BCUT2D eigenvalue weighted by atomic mass is 10.6. The maximum atomic E-state index is 11.7. The summed E-state index contributed by atoms with van der Waals surface area (Å²) < 4.78 is 25.7. The van der Waals surface area contributed by atoms with Crippen LogP contribution in [0.2, 0.25) is 0 Å². The van der Waals surface area contributed by atoms with Gasteiger partial charge in [-0.05, 0) is 0 Å². The van der Waals surface area contributed by atoms with Gasteiger partial charge in [0.2, 0.25) is 10.0 Å². The lowest BCUT2D eigenvalue weighted by Gasteiger charge is -2.02. The molecule has 2 heterocycles. The van der Waals surface area contributed by atoms with Gasteiger partial charge in [-0.25, -0.2) is 18.1 Å². The maximum absolute atomic E-state index is 11.7. The largest absolute Gasteiger partial charge is 0.383 e. The van der Waals surface area contributed by atoms with Crippen LogP contribution in [0.4, 0.5) is 5.82 Å². The lowest BCUT2D eigenvalue weighted by Crippen LogP contribution is -2.24. The zero-order valence-corrected chi connectivity index (χ0v) is 8.82. The molecule has 86 valence electrons. The highest BCUT2D eigenvalue weighted by molar-refractivity contribution is 7.89. The van der Waals surface area contributed by atoms with Gasteiger partial charge in [0, 0.05) is 0 Å². The molecule has 10 heteroatoms. The molecule has 0 aliphatic rings. The van der Waals surface area contributed by atoms with E-state index in [0.717, 1.165) is 6.20 Å². The zero-order valence-electron chi connectivity index (χ0n) is 8.01. The fourth-order valence-electron chi connectivity index (χ4n) is 1.06. The quantitative estimate of drug-likeness (QED) is 0.519. The minimum absolute atomic E-state index is 0.00690. The van der Waals surface area contributed by atoms with E-state index in [4.69, 9.17) is 5.73 Å². The Balaban J connectivity index is 2.13. The molecule has 2 aromatic heterocycles. The van der Waals surface area contributed by atoms with Crippen LogP contribution in [0.5, 0.6) is 0 Å². The second-order valence-corrected chi connectivity index (χ2v) is 4.64. The average Bonchev–Trinajstić information content (AvgIpc) is 2.85. The van der Waals surface area contributed by atoms with Crippen molar-refractivity contribution in [2.45, 2.75) is 11.4 Å². The monoisotopic (exact) mass is 243 g/mol. The molecule has 0 radical (unpaired) electrons. The van der Waals surface area contributed by atoms with Crippen LogP contribution in [0.15, 0.2) is 17.4 Å². The van der Waals surface area contributed by atoms with Crippen LogP contribution in [-0.2, 0) is 16.6 Å². The van der Waals surface area contributed by atoms with Crippen molar-refractivity contribution in [3.8, 4) is 0 Å². The molecule has 0 amide bonds. The predicted octanol–water partition coefficient (Wildman–Crippen LogP) is -1.41. The van der Waals surface area contributed by atoms with Gasteiger partial charge in [0.15, 0.2) is 0 Å². The van der Waals surface area contributed by atoms with Crippen molar-refractivity contribution in [3.63, 3.8) is 0 Å². The summed E-state index contributed by atoms with van der Waals surface area (Å²) in [6, 6.07) is 0. The molecule has 0 aromatic carbocycles. The van der Waals surface area contributed by atoms with E-state index in [2.05, 4.69) is 30.1 Å². The minimum atomic E-state index is -3.68. The van der Waals surface area contributed by atoms with E-state index in [-0.39, 0.29) is 17.3 Å². The van der Waals surface area contributed by atoms with E-state index in [1.165, 1.54) is 6.33 Å². The number of aromatic amines is 2. The van der Waals surface area contributed by atoms with Crippen LogP contribution in [-0.4, -0.2) is 33.8 Å². The summed E-state index contributed by atoms with van der Waals surface area (Å²) in [5.74, 6) is 0.399. The Bertz CT molecular complexity index is 557. The minimum Gasteiger partial charge on any atom is -0.383 e. The van der Waals surface area contributed by atoms with Gasteiger partial charge < -0.3 is 5.73 Å². The Hall–Kier alpha value is -1.94. The van der Waals surface area contributed by atoms with Crippen molar-refractivity contribution in [1.29, 1.82) is 0 Å². The molecule has 0 aliphatic heterocycles. The first-order chi connectivity index (χ1) is 7.59. The summed E-state index contributed by atoms with van der Waals surface area (Å²) in [4.78, 5) is 3.68. The molecule has 0 saturated carbocycles. The molecule has 0 unspecified atom stereocenters. The summed E-state index contributed by atoms with van der Waals surface area (Å²) in [6.07, 6.45) is 2.42. The number of nitrogen functional groups attached to an aromatic ring is 1. The SMILES string of the molecule is Nc1[nH]ncc1S(=O)(=O)NCc1ncn[nH]1. The van der Waals surface area contributed by atoms with Crippen molar-refractivity contribution in [2.75, 3.05) is 5.73 Å². The van der Waals surface area contributed by atoms with Crippen LogP contribution < -0.4 is 10.5 Å². The van der Waals surface area contributed by atoms with Crippen LogP contribution in [0.25, 0.3) is 0 Å². The van der Waals surface area contributed by atoms with Gasteiger partial charge in [0.05, 0.1) is 12.7 Å². The van der Waals surface area contributed by atoms with Gasteiger partial charge in [-0.3, -0.25) is 10.2 Å². The van der Waals surface area contributed by atoms with E-state index in [0.29, 0.717) is 5.82 Å². The molecule has 0 aliphatic carbocycles. The highest BCUT2D eigenvalue weighted by Gasteiger charge is 2.19. The lowest BCUT2D eigenvalue weighted by molar-refractivity contribution is 0.580. The molecular formula is C6H9N7O2S. The number of nitrogens with zero attached hydrogens (tertiary/aromatic N) is 3. The first-order valence-corrected chi connectivity index (χ1v) is 5.70. The van der Waals surface area contributed by atoms with E-state index in [1.807, 2.05) is 0 Å². The van der Waals surface area contributed by atoms with Gasteiger partial charge >= 0.3 is 0 Å². The van der Waals surface area contributed by atoms with Gasteiger partial charge in [-0.1, -0.05) is 0 Å². The predicted molar refractivity (Wildman–Crippen MR) is 53.4 cm³/mol. The molecule has 0 spiro atoms. The smallest absolute Gasteiger partial charge is 0.246 e. The Morgan fingerprint density at radius 1 is 1.38 bits per heavy atom. The number of nitrogens with one attached hydrogen (secondary N) is 3. The Morgan fingerprint density at radius 2 is 2.19 bits per heavy atom. The van der Waals surface area contributed by atoms with Crippen molar-refractivity contribution in [3.05, 3.63) is 18.3 Å². The van der Waals surface area contributed by atoms with Crippen molar-refractivity contribution >= 4 is 15.8 Å². The number of anilines is 1. The highest BCUT2D eigenvalue weighted by Crippen LogP contribution is 2.13. The summed E-state index contributed by atoms with van der Waals surface area (Å²) in [5.41, 5.74) is 5.40. The van der Waals surface area contributed by atoms with Crippen molar-refractivity contribution in [2.24, 2.45) is 0 Å². The average molecular weight is 243 g/mol. The molecule has 0 fully saturated rings. The third kappa shape index (κ3) is 2.01. The second kappa shape index (κ2) is 3.90. The van der Waals surface area contributed by atoms with Gasteiger partial charge in [0.25, 0.3) is 0 Å². The third-order valence-electron chi connectivity index (χ3n) is 1.82. The molecular weight excluding hydrogens is 234 g/mol. The van der Waals surface area contributed by atoms with Crippen LogP contribution in [0, 0.1) is 0 Å². The molecule has 0 atom stereocenters. The van der Waals surface area contributed by atoms with E-state index in [1.54, 1.807) is 0 Å². The van der Waals surface area contributed by atoms with Crippen LogP contribution >= 0.6 is 0 Å². The molecule has 2 rings (SSSR count). The maximum Gasteiger partial charge on any atom is 0.246 e. The van der Waals surface area contributed by atoms with Crippen molar-refractivity contribution in [1.82, 2.24) is 30.1 Å². The standard InChI is InChI=1S/C6H9N7O2S/c7-6-4(1-9-13-6)16(14,15)11-2-5-8-3-10-12-5/h1,3,11H,2H2,(H3,7,9,13)(H,8,10,12). The Labute approximate surface area is 90.5 Å². The number of hydrogen-bond acceptors (Lipinski definition) is 6. The normalized spacial score (nSPS) is 11.8. The second-order valence-electron chi connectivity index (χ2n) is 2.90. The topological polar surface area (TPSA) is 142 Å². The van der Waals surface area contributed by atoms with Crippen LogP contribution in [0.1, 0.15) is 5.82 Å². The molecule has 2 aromatic rings. The van der Waals surface area contributed by atoms with E-state index in [9.17, 15) is 8.42 Å². The zero-order chi connectivity index (χ0) is 11.6. The molecule has 0 saturated heterocycles. The fraction of sp³-hybridized carbons (Fsp3) is 0.167. The number of hydrogen-bond donors (Lipinski definition) is 4. The Kier molecular flexibility index (Phi) is 2.58. The number of sulfonamides is 1.